The van der Waals surface area contributed by atoms with Crippen molar-refractivity contribution in [3.63, 3.8) is 0 Å². The van der Waals surface area contributed by atoms with Gasteiger partial charge in [0.05, 0.1) is 0 Å². The Morgan fingerprint density at radius 2 is 2.40 bits per heavy atom. The second kappa shape index (κ2) is 3.56. The molecule has 1 fully saturated rings. The van der Waals surface area contributed by atoms with Crippen molar-refractivity contribution < 1.29 is 14.3 Å². The fourth-order valence-corrected chi connectivity index (χ4v) is 3.26. The summed E-state index contributed by atoms with van der Waals surface area (Å²) in [6.45, 7) is 0. The first-order valence-corrected chi connectivity index (χ1v) is 9.12. The third kappa shape index (κ3) is 1.85. The van der Waals surface area contributed by atoms with Crippen molar-refractivity contribution in [2.75, 3.05) is 5.75 Å². The SMILES string of the molecule is O=C1N[C@@H](C[S][Tl])C(=O)O1. The quantitative estimate of drug-likeness (QED) is 0.412. The van der Waals surface area contributed by atoms with Gasteiger partial charge in [0, 0.05) is 0 Å². The normalized spacial score (nSPS) is 24.1. The molecule has 4 nitrogen and oxygen atoms in total. The number of nitrogens with one attached hydrogen (secondary N) is 1. The van der Waals surface area contributed by atoms with E-state index in [9.17, 15) is 9.59 Å². The fourth-order valence-electron chi connectivity index (χ4n) is 0.599. The maximum absolute atomic E-state index is 10.7. The average Bonchev–Trinajstić information content (AvgIpc) is 2.13. The molecule has 0 aromatic carbocycles. The van der Waals surface area contributed by atoms with Crippen molar-refractivity contribution >= 4 is 44.6 Å². The van der Waals surface area contributed by atoms with Crippen LogP contribution >= 0.6 is 8.31 Å². The number of carbonyl (C=O) groups excluding carboxylic acids is 2. The first kappa shape index (κ1) is 8.31. The van der Waals surface area contributed by atoms with Crippen LogP contribution in [0.1, 0.15) is 0 Å². The third-order valence-electron chi connectivity index (χ3n) is 1.03. The summed E-state index contributed by atoms with van der Waals surface area (Å²) in [5, 5.41) is 2.40. The molecule has 1 heterocycles. The maximum atomic E-state index is 10.7. The number of hydrogen-bond acceptors (Lipinski definition) is 4. The predicted molar refractivity (Wildman–Crippen MR) is 36.6 cm³/mol. The van der Waals surface area contributed by atoms with Gasteiger partial charge in [-0.2, -0.15) is 0 Å². The summed E-state index contributed by atoms with van der Waals surface area (Å²) in [6.07, 6.45) is -0.617. The van der Waals surface area contributed by atoms with Gasteiger partial charge in [-0.25, -0.2) is 0 Å². The number of ether oxygens (including phenoxy) is 1. The number of cyclic esters (lactones) is 2. The van der Waals surface area contributed by atoms with Crippen molar-refractivity contribution in [2.45, 2.75) is 6.04 Å². The Labute approximate surface area is 75.9 Å². The predicted octanol–water partition coefficient (Wildman–Crippen LogP) is -0.562. The molecule has 0 aromatic heterocycles. The van der Waals surface area contributed by atoms with Crippen LogP contribution in [-0.4, -0.2) is 48.1 Å². The molecule has 0 aliphatic carbocycles. The topological polar surface area (TPSA) is 55.4 Å². The van der Waals surface area contributed by atoms with Crippen LogP contribution in [0.15, 0.2) is 0 Å². The van der Waals surface area contributed by atoms with Crippen LogP contribution in [0.2, 0.25) is 0 Å². The van der Waals surface area contributed by atoms with Crippen molar-refractivity contribution in [1.29, 1.82) is 0 Å². The van der Waals surface area contributed by atoms with Gasteiger partial charge in [0.2, 0.25) is 0 Å². The van der Waals surface area contributed by atoms with E-state index in [1.807, 2.05) is 0 Å². The van der Waals surface area contributed by atoms with Crippen LogP contribution in [0.5, 0.6) is 0 Å². The summed E-state index contributed by atoms with van der Waals surface area (Å²) in [4.78, 5) is 21.1. The number of rotatable bonds is 2. The molecule has 0 spiro atoms. The molecule has 0 radical (unpaired) electrons. The molecule has 10 heavy (non-hydrogen) atoms. The van der Waals surface area contributed by atoms with Gasteiger partial charge in [0.25, 0.3) is 0 Å². The van der Waals surface area contributed by atoms with Crippen molar-refractivity contribution in [3.8, 4) is 0 Å². The Kier molecular flexibility index (Phi) is 2.96. The van der Waals surface area contributed by atoms with Crippen LogP contribution < -0.4 is 5.32 Å². The minimum atomic E-state index is -0.617. The van der Waals surface area contributed by atoms with Gasteiger partial charge in [-0.1, -0.05) is 0 Å². The molecule has 6 heteroatoms. The molecule has 1 N–H and O–H groups in total. The van der Waals surface area contributed by atoms with Gasteiger partial charge in [-0.3, -0.25) is 0 Å². The molecule has 1 atom stereocenters. The number of amides is 1. The molecule has 1 aliphatic heterocycles. The van der Waals surface area contributed by atoms with E-state index in [0.717, 1.165) is 24.3 Å². The van der Waals surface area contributed by atoms with E-state index in [-0.39, 0.29) is 0 Å². The minimum absolute atomic E-state index is 0.400. The molecular formula is C4H4NO3STl. The summed E-state index contributed by atoms with van der Waals surface area (Å²) < 4.78 is 4.24. The molecule has 52 valence electrons. The zero-order valence-corrected chi connectivity index (χ0v) is 10.3. The summed E-state index contributed by atoms with van der Waals surface area (Å²) in [5.74, 6) is 0.202. The van der Waals surface area contributed by atoms with Gasteiger partial charge < -0.3 is 0 Å². The Hall–Kier alpha value is 0.212. The van der Waals surface area contributed by atoms with Crippen molar-refractivity contribution in [2.24, 2.45) is 0 Å². The zero-order chi connectivity index (χ0) is 7.56. The zero-order valence-electron chi connectivity index (χ0n) is 4.99. The van der Waals surface area contributed by atoms with Crippen LogP contribution in [0, 0.1) is 0 Å². The Bertz CT molecular complexity index is 174. The van der Waals surface area contributed by atoms with E-state index in [1.165, 1.54) is 0 Å². The van der Waals surface area contributed by atoms with E-state index in [1.54, 1.807) is 8.31 Å². The summed E-state index contributed by atoms with van der Waals surface area (Å²) in [6, 6.07) is -0.400. The molecule has 0 aromatic rings. The Morgan fingerprint density at radius 1 is 1.70 bits per heavy atom. The Balaban J connectivity index is 2.46. The van der Waals surface area contributed by atoms with Crippen LogP contribution in [0.4, 0.5) is 4.79 Å². The number of hydrogen-bond donors (Lipinski definition) is 1. The van der Waals surface area contributed by atoms with E-state index in [0.29, 0.717) is 5.75 Å². The van der Waals surface area contributed by atoms with E-state index >= 15 is 0 Å². The summed E-state index contributed by atoms with van der Waals surface area (Å²) >= 11 is 0.787. The molecular weight excluding hydrogens is 346 g/mol. The monoisotopic (exact) mass is 351 g/mol. The van der Waals surface area contributed by atoms with Crippen molar-refractivity contribution in [1.82, 2.24) is 5.32 Å². The number of esters is 1. The second-order valence-electron chi connectivity index (χ2n) is 1.74. The standard InChI is InChI=1S/C4H5NO3S.Tl/c6-3-2(1-9)5-4(7)8-3;/h2,9H,1H2,(H,5,7);/q;+1/p-1/t2-;/m0./s1. The van der Waals surface area contributed by atoms with Gasteiger partial charge in [-0.15, -0.1) is 0 Å². The van der Waals surface area contributed by atoms with E-state index in [2.05, 4.69) is 10.1 Å². The summed E-state index contributed by atoms with van der Waals surface area (Å²) in [7, 11) is 1.66. The van der Waals surface area contributed by atoms with E-state index in [4.69, 9.17) is 0 Å². The van der Waals surface area contributed by atoms with Crippen molar-refractivity contribution in [3.05, 3.63) is 0 Å². The summed E-state index contributed by atoms with van der Waals surface area (Å²) in [5.41, 5.74) is 0. The first-order valence-electron chi connectivity index (χ1n) is 2.58. The molecule has 1 aliphatic rings. The number of alkyl carbamates (subject to hydrolysis) is 1. The van der Waals surface area contributed by atoms with E-state index < -0.39 is 18.1 Å². The average molecular weight is 351 g/mol. The molecule has 0 saturated carbocycles. The molecule has 0 bridgehead atoms. The van der Waals surface area contributed by atoms with Crippen LogP contribution in [-0.2, 0) is 9.53 Å². The van der Waals surface area contributed by atoms with Crippen LogP contribution in [0.3, 0.4) is 0 Å². The van der Waals surface area contributed by atoms with Gasteiger partial charge in [0.15, 0.2) is 0 Å². The molecule has 1 saturated heterocycles. The van der Waals surface area contributed by atoms with Gasteiger partial charge in [0.1, 0.15) is 0 Å². The second-order valence-corrected chi connectivity index (χ2v) is 6.29. The Morgan fingerprint density at radius 3 is 2.80 bits per heavy atom. The first-order chi connectivity index (χ1) is 4.74. The molecule has 1 rings (SSSR count). The number of carbonyl (C=O) groups is 2. The molecule has 0 unspecified atom stereocenters. The van der Waals surface area contributed by atoms with Gasteiger partial charge in [-0.05, 0) is 0 Å². The third-order valence-corrected chi connectivity index (χ3v) is 3.80. The van der Waals surface area contributed by atoms with Gasteiger partial charge >= 0.3 is 76.1 Å². The van der Waals surface area contributed by atoms with Crippen LogP contribution in [0.25, 0.3) is 0 Å². The molecule has 1 amide bonds. The fraction of sp³-hybridized carbons (Fsp3) is 0.500.